The SMILES string of the molecule is CC[C@H](C)OC(=O)CN1C(=O)S/C(=C/c2ccc(Oc3ccc([N+](=O)[O-])cn3)c(OC)c2)C1=O. The number of nitrogens with zero attached hydrogens (tertiary/aromatic N) is 3. The molecule has 12 heteroatoms. The van der Waals surface area contributed by atoms with Crippen LogP contribution in [-0.2, 0) is 14.3 Å². The van der Waals surface area contributed by atoms with Crippen molar-refractivity contribution in [2.24, 2.45) is 0 Å². The van der Waals surface area contributed by atoms with Gasteiger partial charge in [-0.3, -0.25) is 29.4 Å². The van der Waals surface area contributed by atoms with Crippen molar-refractivity contribution in [2.75, 3.05) is 13.7 Å². The Morgan fingerprint density at radius 3 is 2.65 bits per heavy atom. The van der Waals surface area contributed by atoms with Crippen LogP contribution in [-0.4, -0.2) is 51.7 Å². The summed E-state index contributed by atoms with van der Waals surface area (Å²) in [6.45, 7) is 3.13. The summed E-state index contributed by atoms with van der Waals surface area (Å²) in [7, 11) is 1.42. The lowest BCUT2D eigenvalue weighted by Gasteiger charge is -2.14. The Labute approximate surface area is 198 Å². The van der Waals surface area contributed by atoms with E-state index < -0.39 is 28.6 Å². The highest BCUT2D eigenvalue weighted by molar-refractivity contribution is 8.18. The molecule has 1 aliphatic heterocycles. The Balaban J connectivity index is 1.74. The summed E-state index contributed by atoms with van der Waals surface area (Å²) in [4.78, 5) is 51.9. The topological polar surface area (TPSA) is 138 Å². The van der Waals surface area contributed by atoms with E-state index in [0.717, 1.165) is 22.9 Å². The largest absolute Gasteiger partial charge is 0.493 e. The van der Waals surface area contributed by atoms with E-state index in [2.05, 4.69) is 4.98 Å². The van der Waals surface area contributed by atoms with E-state index in [1.165, 1.54) is 25.3 Å². The van der Waals surface area contributed by atoms with E-state index in [0.29, 0.717) is 23.5 Å². The average Bonchev–Trinajstić information content (AvgIpc) is 3.07. The molecule has 178 valence electrons. The molecule has 1 fully saturated rings. The summed E-state index contributed by atoms with van der Waals surface area (Å²) in [5, 5.41) is 10.2. The van der Waals surface area contributed by atoms with Crippen molar-refractivity contribution in [3.8, 4) is 17.4 Å². The van der Waals surface area contributed by atoms with Crippen LogP contribution >= 0.6 is 11.8 Å². The highest BCUT2D eigenvalue weighted by Gasteiger charge is 2.36. The lowest BCUT2D eigenvalue weighted by molar-refractivity contribution is -0.385. The van der Waals surface area contributed by atoms with Gasteiger partial charge in [-0.15, -0.1) is 0 Å². The van der Waals surface area contributed by atoms with E-state index in [-0.39, 0.29) is 22.6 Å². The highest BCUT2D eigenvalue weighted by Crippen LogP contribution is 2.36. The van der Waals surface area contributed by atoms with Crippen LogP contribution in [0.25, 0.3) is 6.08 Å². The minimum atomic E-state index is -0.652. The zero-order chi connectivity index (χ0) is 24.8. The molecule has 2 amide bonds. The van der Waals surface area contributed by atoms with Gasteiger partial charge in [0.2, 0.25) is 5.88 Å². The van der Waals surface area contributed by atoms with Gasteiger partial charge in [-0.2, -0.15) is 0 Å². The third-order valence-electron chi connectivity index (χ3n) is 4.70. The number of rotatable bonds is 9. The predicted octanol–water partition coefficient (Wildman–Crippen LogP) is 4.17. The standard InChI is InChI=1S/C22H21N3O8S/c1-4-13(2)32-20(26)12-24-21(27)18(34-22(24)28)10-14-5-7-16(17(9-14)31-3)33-19-8-6-15(11-23-19)25(29)30/h5-11,13H,4,12H2,1-3H3/b18-10+/t13-/m0/s1. The molecule has 0 N–H and O–H groups in total. The molecule has 0 aliphatic carbocycles. The molecule has 3 rings (SSSR count). The van der Waals surface area contributed by atoms with E-state index in [9.17, 15) is 24.5 Å². The van der Waals surface area contributed by atoms with Crippen LogP contribution in [0.3, 0.4) is 0 Å². The second kappa shape index (κ2) is 10.8. The van der Waals surface area contributed by atoms with Crippen LogP contribution < -0.4 is 9.47 Å². The van der Waals surface area contributed by atoms with Crippen LogP contribution in [0.5, 0.6) is 17.4 Å². The number of amides is 2. The predicted molar refractivity (Wildman–Crippen MR) is 122 cm³/mol. The fourth-order valence-electron chi connectivity index (χ4n) is 2.77. The lowest BCUT2D eigenvalue weighted by atomic mass is 10.2. The number of aromatic nitrogens is 1. The van der Waals surface area contributed by atoms with E-state index in [1.54, 1.807) is 25.1 Å². The van der Waals surface area contributed by atoms with Gasteiger partial charge in [0.1, 0.15) is 12.7 Å². The Bertz CT molecular complexity index is 1150. The van der Waals surface area contributed by atoms with Gasteiger partial charge < -0.3 is 14.2 Å². The van der Waals surface area contributed by atoms with Gasteiger partial charge in [-0.1, -0.05) is 13.0 Å². The third-order valence-corrected chi connectivity index (χ3v) is 5.61. The summed E-state index contributed by atoms with van der Waals surface area (Å²) < 4.78 is 16.1. The number of esters is 1. The Kier molecular flexibility index (Phi) is 7.84. The van der Waals surface area contributed by atoms with Gasteiger partial charge in [-0.25, -0.2) is 4.98 Å². The summed E-state index contributed by atoms with van der Waals surface area (Å²) in [5.41, 5.74) is 0.380. The molecule has 1 aromatic carbocycles. The number of ether oxygens (including phenoxy) is 3. The van der Waals surface area contributed by atoms with Crippen LogP contribution in [0.4, 0.5) is 10.5 Å². The van der Waals surface area contributed by atoms with E-state index in [1.807, 2.05) is 6.92 Å². The Morgan fingerprint density at radius 2 is 2.03 bits per heavy atom. The van der Waals surface area contributed by atoms with Gasteiger partial charge in [0.15, 0.2) is 11.5 Å². The minimum absolute atomic E-state index is 0.127. The number of benzene rings is 1. The molecule has 2 aromatic rings. The number of carbonyl (C=O) groups is 3. The van der Waals surface area contributed by atoms with Crippen molar-refractivity contribution in [1.29, 1.82) is 0 Å². The molecule has 0 spiro atoms. The van der Waals surface area contributed by atoms with Gasteiger partial charge in [0.25, 0.3) is 16.8 Å². The molecule has 0 unspecified atom stereocenters. The second-order valence-electron chi connectivity index (χ2n) is 7.10. The quantitative estimate of drug-likeness (QED) is 0.219. The number of methoxy groups -OCH3 is 1. The maximum atomic E-state index is 12.6. The first-order valence-corrected chi connectivity index (χ1v) is 10.9. The van der Waals surface area contributed by atoms with E-state index >= 15 is 0 Å². The number of thioether (sulfide) groups is 1. The molecule has 0 saturated carbocycles. The fourth-order valence-corrected chi connectivity index (χ4v) is 3.61. The van der Waals surface area contributed by atoms with Crippen molar-refractivity contribution in [3.63, 3.8) is 0 Å². The van der Waals surface area contributed by atoms with Gasteiger partial charge in [0, 0.05) is 12.1 Å². The van der Waals surface area contributed by atoms with Crippen LogP contribution in [0.2, 0.25) is 0 Å². The molecular weight excluding hydrogens is 466 g/mol. The maximum Gasteiger partial charge on any atom is 0.326 e. The molecule has 0 bridgehead atoms. The smallest absolute Gasteiger partial charge is 0.326 e. The van der Waals surface area contributed by atoms with Crippen molar-refractivity contribution in [2.45, 2.75) is 26.4 Å². The van der Waals surface area contributed by atoms with Crippen LogP contribution in [0.15, 0.2) is 41.4 Å². The lowest BCUT2D eigenvalue weighted by Crippen LogP contribution is -2.35. The molecule has 1 aliphatic rings. The second-order valence-corrected chi connectivity index (χ2v) is 8.09. The normalized spacial score (nSPS) is 15.4. The monoisotopic (exact) mass is 487 g/mol. The molecule has 1 atom stereocenters. The molecule has 1 saturated heterocycles. The number of pyridine rings is 1. The summed E-state index contributed by atoms with van der Waals surface area (Å²) in [6.07, 6.45) is 2.89. The maximum absolute atomic E-state index is 12.6. The van der Waals surface area contributed by atoms with Crippen molar-refractivity contribution in [1.82, 2.24) is 9.88 Å². The van der Waals surface area contributed by atoms with Crippen LogP contribution in [0, 0.1) is 10.1 Å². The minimum Gasteiger partial charge on any atom is -0.493 e. The number of hydrogen-bond donors (Lipinski definition) is 0. The molecule has 1 aromatic heterocycles. The van der Waals surface area contributed by atoms with Crippen molar-refractivity contribution in [3.05, 3.63) is 57.1 Å². The zero-order valence-electron chi connectivity index (χ0n) is 18.5. The zero-order valence-corrected chi connectivity index (χ0v) is 19.4. The summed E-state index contributed by atoms with van der Waals surface area (Å²) in [5.74, 6) is -0.513. The first-order chi connectivity index (χ1) is 16.2. The van der Waals surface area contributed by atoms with Gasteiger partial charge >= 0.3 is 5.97 Å². The number of carbonyl (C=O) groups excluding carboxylic acids is 3. The van der Waals surface area contributed by atoms with E-state index in [4.69, 9.17) is 14.2 Å². The first kappa shape index (κ1) is 24.7. The molecule has 0 radical (unpaired) electrons. The molecular formula is C22H21N3O8S. The summed E-state index contributed by atoms with van der Waals surface area (Å²) in [6, 6.07) is 7.41. The van der Waals surface area contributed by atoms with Crippen molar-refractivity contribution >= 4 is 40.6 Å². The Morgan fingerprint density at radius 1 is 1.26 bits per heavy atom. The number of nitro groups is 1. The highest BCUT2D eigenvalue weighted by atomic mass is 32.2. The van der Waals surface area contributed by atoms with Crippen LogP contribution in [0.1, 0.15) is 25.8 Å². The first-order valence-electron chi connectivity index (χ1n) is 10.1. The number of imide groups is 1. The fraction of sp³-hybridized carbons (Fsp3) is 0.273. The van der Waals surface area contributed by atoms with Crippen molar-refractivity contribution < 1.29 is 33.5 Å². The molecule has 34 heavy (non-hydrogen) atoms. The molecule has 11 nitrogen and oxygen atoms in total. The number of hydrogen-bond acceptors (Lipinski definition) is 10. The summed E-state index contributed by atoms with van der Waals surface area (Å²) >= 11 is 0.721. The third kappa shape index (κ3) is 5.90. The Hall–Kier alpha value is -3.93. The average molecular weight is 487 g/mol. The molecule has 2 heterocycles. The van der Waals surface area contributed by atoms with Gasteiger partial charge in [-0.05, 0) is 48.9 Å². The van der Waals surface area contributed by atoms with Gasteiger partial charge in [0.05, 0.1) is 23.0 Å².